The van der Waals surface area contributed by atoms with Gasteiger partial charge in [0.1, 0.15) is 0 Å². The molecule has 0 radical (unpaired) electrons. The number of hydrogen-bond acceptors (Lipinski definition) is 5. The predicted octanol–water partition coefficient (Wildman–Crippen LogP) is 1.52. The maximum atomic E-state index is 13.2. The van der Waals surface area contributed by atoms with Gasteiger partial charge in [-0.3, -0.25) is 4.68 Å². The molecule has 9 nitrogen and oxygen atoms in total. The van der Waals surface area contributed by atoms with Crippen LogP contribution in [0.3, 0.4) is 0 Å². The number of nitrogens with one attached hydrogen (secondary N) is 1. The van der Waals surface area contributed by atoms with Crippen LogP contribution in [-0.4, -0.2) is 55.3 Å². The molecule has 170 valence electrons. The minimum Gasteiger partial charge on any atom is -0.845 e. The van der Waals surface area contributed by atoms with Crippen LogP contribution >= 0.6 is 0 Å². The zero-order chi connectivity index (χ0) is 22.6. The van der Waals surface area contributed by atoms with E-state index in [9.17, 15) is 13.5 Å². The number of rotatable bonds is 7. The minimum atomic E-state index is -4.26. The van der Waals surface area contributed by atoms with E-state index in [1.54, 1.807) is 13.2 Å². The molecule has 31 heavy (non-hydrogen) atoms. The second-order valence-corrected chi connectivity index (χ2v) is 9.42. The monoisotopic (exact) mass is 447 g/mol. The number of benzene rings is 1. The molecule has 0 amide bonds. The zero-order valence-electron chi connectivity index (χ0n) is 18.6. The van der Waals surface area contributed by atoms with Gasteiger partial charge in [0.25, 0.3) is 0 Å². The molecule has 0 spiro atoms. The van der Waals surface area contributed by atoms with Gasteiger partial charge >= 0.3 is 10.2 Å². The quantitative estimate of drug-likeness (QED) is 0.510. The highest BCUT2D eigenvalue weighted by Crippen LogP contribution is 2.27. The lowest BCUT2D eigenvalue weighted by molar-refractivity contribution is -0.213. The lowest BCUT2D eigenvalue weighted by Crippen LogP contribution is -2.46. The normalized spacial score (nSPS) is 16.5. The summed E-state index contributed by atoms with van der Waals surface area (Å²) in [6.07, 6.45) is 6.05. The van der Waals surface area contributed by atoms with Crippen LogP contribution in [0.5, 0.6) is 0 Å². The van der Waals surface area contributed by atoms with Gasteiger partial charge in [-0.1, -0.05) is 19.9 Å². The summed E-state index contributed by atoms with van der Waals surface area (Å²) in [5.74, 6) is 0. The van der Waals surface area contributed by atoms with Gasteiger partial charge in [0, 0.05) is 25.0 Å². The van der Waals surface area contributed by atoms with Crippen molar-refractivity contribution in [2.24, 2.45) is 11.4 Å². The predicted molar refractivity (Wildman–Crippen MR) is 121 cm³/mol. The van der Waals surface area contributed by atoms with Crippen molar-refractivity contribution in [1.29, 1.82) is 0 Å². The van der Waals surface area contributed by atoms with Crippen LogP contribution < -0.4 is 14.7 Å². The van der Waals surface area contributed by atoms with Crippen LogP contribution in [0.4, 0.5) is 11.4 Å². The minimum absolute atomic E-state index is 0.280. The molecule has 1 fully saturated rings. The first-order valence-corrected chi connectivity index (χ1v) is 12.0. The smallest absolute Gasteiger partial charge is 0.345 e. The summed E-state index contributed by atoms with van der Waals surface area (Å²) in [5.41, 5.74) is 3.10. The number of likely N-dealkylation sites (tertiary alicyclic amines) is 1. The van der Waals surface area contributed by atoms with Crippen molar-refractivity contribution in [3.8, 4) is 0 Å². The molecule has 3 rings (SSSR count). The molecule has 1 aliphatic rings. The number of aromatic nitrogens is 2. The van der Waals surface area contributed by atoms with Gasteiger partial charge in [0.05, 0.1) is 17.9 Å². The van der Waals surface area contributed by atoms with Crippen LogP contribution in [0.25, 0.3) is 0 Å². The number of anilines is 2. The maximum Gasteiger partial charge on any atom is 0.345 e. The summed E-state index contributed by atoms with van der Waals surface area (Å²) in [6, 6.07) is 4.58. The molecule has 1 N–H and O–H groups in total. The molecule has 0 atom stereocenters. The summed E-state index contributed by atoms with van der Waals surface area (Å²) in [5, 5.41) is 19.3. The first-order valence-electron chi connectivity index (χ1n) is 10.6. The zero-order valence-corrected chi connectivity index (χ0v) is 19.4. The van der Waals surface area contributed by atoms with E-state index in [2.05, 4.69) is 25.8 Å². The number of aryl methyl sites for hydroxylation is 3. The molecule has 0 aliphatic carbocycles. The van der Waals surface area contributed by atoms with Crippen LogP contribution in [0.1, 0.15) is 37.8 Å². The third-order valence-corrected chi connectivity index (χ3v) is 6.94. The Labute approximate surface area is 184 Å². The van der Waals surface area contributed by atoms with Gasteiger partial charge in [-0.15, -0.1) is 4.40 Å². The molecule has 1 aliphatic heterocycles. The van der Waals surface area contributed by atoms with E-state index >= 15 is 0 Å². The highest BCUT2D eigenvalue weighted by Gasteiger charge is 2.33. The van der Waals surface area contributed by atoms with E-state index in [-0.39, 0.29) is 6.04 Å². The fourth-order valence-corrected chi connectivity index (χ4v) is 5.11. The van der Waals surface area contributed by atoms with E-state index in [4.69, 9.17) is 0 Å². The van der Waals surface area contributed by atoms with Crippen molar-refractivity contribution in [3.63, 3.8) is 0 Å². The van der Waals surface area contributed by atoms with Crippen molar-refractivity contribution in [3.05, 3.63) is 41.7 Å². The molecule has 1 aromatic carbocycles. The highest BCUT2D eigenvalue weighted by atomic mass is 32.2. The van der Waals surface area contributed by atoms with Crippen molar-refractivity contribution in [1.82, 2.24) is 14.7 Å². The Bertz CT molecular complexity index is 1000. The van der Waals surface area contributed by atoms with Crippen molar-refractivity contribution in [2.75, 3.05) is 29.8 Å². The molecular weight excluding hydrogens is 416 g/mol. The van der Waals surface area contributed by atoms with Crippen molar-refractivity contribution in [2.45, 2.75) is 45.6 Å². The summed E-state index contributed by atoms with van der Waals surface area (Å²) in [6.45, 7) is 5.60. The third-order valence-electron chi connectivity index (χ3n) is 5.53. The number of hydrogen-bond donors (Lipinski definition) is 1. The number of nitrogens with zero attached hydrogens (tertiary/aromatic N) is 5. The van der Waals surface area contributed by atoms with Crippen molar-refractivity contribution >= 4 is 27.6 Å². The van der Waals surface area contributed by atoms with E-state index in [0.29, 0.717) is 24.2 Å². The molecule has 0 bridgehead atoms. The molecule has 0 saturated carbocycles. The topological polar surface area (TPSA) is 106 Å². The Morgan fingerprint density at radius 2 is 1.81 bits per heavy atom. The van der Waals surface area contributed by atoms with Gasteiger partial charge in [0.2, 0.25) is 0 Å². The molecular formula is C21H31N6O3S-. The van der Waals surface area contributed by atoms with Crippen molar-refractivity contribution < 1.29 is 13.5 Å². The summed E-state index contributed by atoms with van der Waals surface area (Å²) in [4.78, 5) is 2.15. The van der Waals surface area contributed by atoms with E-state index in [1.807, 2.05) is 33.0 Å². The van der Waals surface area contributed by atoms with Gasteiger partial charge in [-0.05, 0) is 69.1 Å². The second-order valence-electron chi connectivity index (χ2n) is 7.95. The Kier molecular flexibility index (Phi) is 7.22. The largest absolute Gasteiger partial charge is 0.845 e. The van der Waals surface area contributed by atoms with Crippen LogP contribution in [0.15, 0.2) is 35.0 Å². The number of piperidine rings is 1. The Morgan fingerprint density at radius 3 is 2.32 bits per heavy atom. The van der Waals surface area contributed by atoms with Gasteiger partial charge < -0.3 is 15.3 Å². The highest BCUT2D eigenvalue weighted by molar-refractivity contribution is 7.91. The third kappa shape index (κ3) is 5.76. The Balaban J connectivity index is 1.89. The SMILES string of the molecule is CCc1cc(CC)cc(N/C([O-])=N/S(=O)(=O)N(c2cnn(C)c2)C2CCN(C)CC2)c1. The molecule has 10 heteroatoms. The number of amidine groups is 1. The van der Waals surface area contributed by atoms with E-state index in [0.717, 1.165) is 37.1 Å². The summed E-state index contributed by atoms with van der Waals surface area (Å²) >= 11 is 0. The first-order chi connectivity index (χ1) is 14.7. The molecule has 2 heterocycles. The van der Waals surface area contributed by atoms with Crippen LogP contribution in [0, 0.1) is 0 Å². The lowest BCUT2D eigenvalue weighted by atomic mass is 10.1. The average molecular weight is 448 g/mol. The lowest BCUT2D eigenvalue weighted by Gasteiger charge is -2.36. The summed E-state index contributed by atoms with van der Waals surface area (Å²) in [7, 11) is -0.529. The Hall–Kier alpha value is -2.59. The molecule has 1 aromatic heterocycles. The molecule has 2 aromatic rings. The average Bonchev–Trinajstić information content (AvgIpc) is 3.14. The van der Waals surface area contributed by atoms with Gasteiger partial charge in [0.15, 0.2) is 0 Å². The second kappa shape index (κ2) is 9.69. The standard InChI is InChI=1S/C21H32N6O3S/c1-5-16-11-17(6-2)13-18(12-16)23-21(28)24-31(29,30)27(20-14-22-26(4)15-20)19-7-9-25(3)10-8-19/h11-15,19H,5-10H2,1-4H3,(H2,23,24,28)/p-1. The van der Waals surface area contributed by atoms with E-state index in [1.165, 1.54) is 15.2 Å². The van der Waals surface area contributed by atoms with Crippen LogP contribution in [-0.2, 0) is 30.1 Å². The maximum absolute atomic E-state index is 13.2. The van der Waals surface area contributed by atoms with Crippen LogP contribution in [0.2, 0.25) is 0 Å². The van der Waals surface area contributed by atoms with E-state index < -0.39 is 16.2 Å². The fraction of sp³-hybridized carbons (Fsp3) is 0.524. The van der Waals surface area contributed by atoms with Gasteiger partial charge in [-0.2, -0.15) is 13.5 Å². The van der Waals surface area contributed by atoms with Gasteiger partial charge in [-0.25, -0.2) is 4.31 Å². The molecule has 0 unspecified atom stereocenters. The molecule has 1 saturated heterocycles. The first kappa shape index (κ1) is 23.1. The fourth-order valence-electron chi connectivity index (χ4n) is 3.82. The Morgan fingerprint density at radius 1 is 1.19 bits per heavy atom. The summed E-state index contributed by atoms with van der Waals surface area (Å²) < 4.78 is 32.8.